The predicted octanol–water partition coefficient (Wildman–Crippen LogP) is 3.38. The number of rotatable bonds is 7. The van der Waals surface area contributed by atoms with Crippen LogP contribution in [0.5, 0.6) is 0 Å². The lowest BCUT2D eigenvalue weighted by Crippen LogP contribution is -2.30. The highest BCUT2D eigenvalue weighted by atomic mass is 19.1. The molecule has 1 aromatic heterocycles. The maximum absolute atomic E-state index is 13.0. The fourth-order valence-corrected chi connectivity index (χ4v) is 3.39. The lowest BCUT2D eigenvalue weighted by Gasteiger charge is -2.27. The molecular formula is C17H28FN3. The summed E-state index contributed by atoms with van der Waals surface area (Å²) in [5.74, 6) is -0.274. The Balaban J connectivity index is 1.88. The third kappa shape index (κ3) is 4.01. The molecular weight excluding hydrogens is 265 g/mol. The van der Waals surface area contributed by atoms with Crippen molar-refractivity contribution < 1.29 is 4.39 Å². The van der Waals surface area contributed by atoms with Gasteiger partial charge in [0, 0.05) is 13.1 Å². The minimum absolute atomic E-state index is 0.198. The van der Waals surface area contributed by atoms with Gasteiger partial charge in [-0.1, -0.05) is 13.8 Å². The molecule has 1 saturated heterocycles. The van der Waals surface area contributed by atoms with E-state index >= 15 is 0 Å². The summed E-state index contributed by atoms with van der Waals surface area (Å²) in [5.41, 5.74) is 1.46. The van der Waals surface area contributed by atoms with E-state index in [1.807, 2.05) is 7.05 Å². The highest BCUT2D eigenvalue weighted by Crippen LogP contribution is 2.37. The molecule has 0 bridgehead atoms. The van der Waals surface area contributed by atoms with Gasteiger partial charge in [-0.2, -0.15) is 0 Å². The number of nitrogens with zero attached hydrogens (tertiary/aromatic N) is 2. The summed E-state index contributed by atoms with van der Waals surface area (Å²) in [4.78, 5) is 6.77. The van der Waals surface area contributed by atoms with Crippen LogP contribution in [0.3, 0.4) is 0 Å². The van der Waals surface area contributed by atoms with Crippen LogP contribution in [-0.4, -0.2) is 36.6 Å². The average molecular weight is 293 g/mol. The van der Waals surface area contributed by atoms with Crippen molar-refractivity contribution in [2.24, 2.45) is 5.41 Å². The summed E-state index contributed by atoms with van der Waals surface area (Å²) < 4.78 is 13.0. The molecule has 0 saturated carbocycles. The molecule has 2 rings (SSSR count). The first-order chi connectivity index (χ1) is 10.1. The van der Waals surface area contributed by atoms with Crippen LogP contribution in [0.1, 0.15) is 51.3 Å². The quantitative estimate of drug-likeness (QED) is 0.835. The lowest BCUT2D eigenvalue weighted by atomic mass is 9.82. The molecule has 1 atom stereocenters. The van der Waals surface area contributed by atoms with Crippen molar-refractivity contribution in [2.75, 3.05) is 26.7 Å². The van der Waals surface area contributed by atoms with Crippen LogP contribution in [0.15, 0.2) is 18.3 Å². The summed E-state index contributed by atoms with van der Waals surface area (Å²) in [6, 6.07) is 3.47. The second-order valence-electron chi connectivity index (χ2n) is 6.26. The zero-order valence-corrected chi connectivity index (χ0v) is 13.5. The Hall–Kier alpha value is -1.00. The smallest absolute Gasteiger partial charge is 0.141 e. The van der Waals surface area contributed by atoms with E-state index in [0.29, 0.717) is 5.41 Å². The first-order valence-corrected chi connectivity index (χ1v) is 8.13. The van der Waals surface area contributed by atoms with Crippen molar-refractivity contribution in [1.29, 1.82) is 0 Å². The van der Waals surface area contributed by atoms with Gasteiger partial charge in [-0.15, -0.1) is 0 Å². The van der Waals surface area contributed by atoms with E-state index in [4.69, 9.17) is 0 Å². The number of nitrogens with one attached hydrogen (secondary N) is 1. The first-order valence-electron chi connectivity index (χ1n) is 8.13. The van der Waals surface area contributed by atoms with Crippen molar-refractivity contribution >= 4 is 0 Å². The summed E-state index contributed by atoms with van der Waals surface area (Å²) in [7, 11) is 1.95. The van der Waals surface area contributed by atoms with E-state index in [0.717, 1.165) is 18.7 Å². The first kappa shape index (κ1) is 16.4. The van der Waals surface area contributed by atoms with Gasteiger partial charge in [0.05, 0.1) is 17.9 Å². The Kier molecular flexibility index (Phi) is 5.71. The molecule has 3 nitrogen and oxygen atoms in total. The third-order valence-corrected chi connectivity index (χ3v) is 5.21. The molecule has 1 aromatic rings. The molecule has 1 unspecified atom stereocenters. The van der Waals surface area contributed by atoms with Gasteiger partial charge in [0.1, 0.15) is 5.82 Å². The molecule has 1 aliphatic rings. The predicted molar refractivity (Wildman–Crippen MR) is 84.7 cm³/mol. The Bertz CT molecular complexity index is 428. The number of halogens is 1. The van der Waals surface area contributed by atoms with Gasteiger partial charge in [-0.05, 0) is 56.8 Å². The topological polar surface area (TPSA) is 28.2 Å². The van der Waals surface area contributed by atoms with Gasteiger partial charge in [0.2, 0.25) is 0 Å². The molecule has 1 fully saturated rings. The molecule has 118 valence electrons. The van der Waals surface area contributed by atoms with Crippen LogP contribution >= 0.6 is 0 Å². The van der Waals surface area contributed by atoms with Crippen LogP contribution in [0, 0.1) is 11.2 Å². The van der Waals surface area contributed by atoms with Crippen LogP contribution < -0.4 is 5.32 Å². The third-order valence-electron chi connectivity index (χ3n) is 5.21. The second kappa shape index (κ2) is 7.32. The van der Waals surface area contributed by atoms with Gasteiger partial charge >= 0.3 is 0 Å². The highest BCUT2D eigenvalue weighted by Gasteiger charge is 2.34. The van der Waals surface area contributed by atoms with Crippen molar-refractivity contribution in [3.8, 4) is 0 Å². The Morgan fingerprint density at radius 3 is 2.67 bits per heavy atom. The minimum Gasteiger partial charge on any atom is -0.312 e. The fraction of sp³-hybridized carbons (Fsp3) is 0.706. The SMILES string of the molecule is CCC1(CC)CCN(CCC(NC)c2ccc(F)cn2)C1. The average Bonchev–Trinajstić information content (AvgIpc) is 2.94. The standard InChI is InChI=1S/C17H28FN3/c1-4-17(5-2)9-11-21(13-17)10-8-15(19-3)16-7-6-14(18)12-20-16/h6-7,12,15,19H,4-5,8-11,13H2,1-3H3. The highest BCUT2D eigenvalue weighted by molar-refractivity contribution is 5.09. The summed E-state index contributed by atoms with van der Waals surface area (Å²) in [5, 5.41) is 3.30. The summed E-state index contributed by atoms with van der Waals surface area (Å²) in [6.07, 6.45) is 6.18. The molecule has 2 heterocycles. The Morgan fingerprint density at radius 2 is 2.14 bits per heavy atom. The van der Waals surface area contributed by atoms with Crippen LogP contribution in [0.4, 0.5) is 4.39 Å². The Labute approximate surface area is 127 Å². The van der Waals surface area contributed by atoms with Gasteiger partial charge < -0.3 is 10.2 Å². The zero-order valence-electron chi connectivity index (χ0n) is 13.5. The van der Waals surface area contributed by atoms with E-state index in [9.17, 15) is 4.39 Å². The number of hydrogen-bond acceptors (Lipinski definition) is 3. The lowest BCUT2D eigenvalue weighted by molar-refractivity contribution is 0.233. The van der Waals surface area contributed by atoms with E-state index in [1.54, 1.807) is 6.07 Å². The maximum atomic E-state index is 13.0. The zero-order chi connectivity index (χ0) is 15.3. The maximum Gasteiger partial charge on any atom is 0.141 e. The van der Waals surface area contributed by atoms with Gasteiger partial charge in [-0.3, -0.25) is 4.98 Å². The van der Waals surface area contributed by atoms with Crippen molar-refractivity contribution in [3.05, 3.63) is 29.8 Å². The molecule has 0 amide bonds. The fourth-order valence-electron chi connectivity index (χ4n) is 3.39. The molecule has 0 radical (unpaired) electrons. The molecule has 21 heavy (non-hydrogen) atoms. The number of pyridine rings is 1. The number of hydrogen-bond donors (Lipinski definition) is 1. The molecule has 0 aromatic carbocycles. The molecule has 1 N–H and O–H groups in total. The van der Waals surface area contributed by atoms with Gasteiger partial charge in [0.25, 0.3) is 0 Å². The Morgan fingerprint density at radius 1 is 1.38 bits per heavy atom. The summed E-state index contributed by atoms with van der Waals surface area (Å²) in [6.45, 7) is 8.12. The van der Waals surface area contributed by atoms with Gasteiger partial charge in [0.15, 0.2) is 0 Å². The van der Waals surface area contributed by atoms with Crippen LogP contribution in [0.25, 0.3) is 0 Å². The van der Waals surface area contributed by atoms with Gasteiger partial charge in [-0.25, -0.2) is 4.39 Å². The van der Waals surface area contributed by atoms with E-state index in [2.05, 4.69) is 29.0 Å². The number of likely N-dealkylation sites (tertiary alicyclic amines) is 1. The minimum atomic E-state index is -0.274. The van der Waals surface area contributed by atoms with Crippen molar-refractivity contribution in [1.82, 2.24) is 15.2 Å². The van der Waals surface area contributed by atoms with Crippen LogP contribution in [-0.2, 0) is 0 Å². The molecule has 0 aliphatic carbocycles. The largest absolute Gasteiger partial charge is 0.312 e. The molecule has 4 heteroatoms. The molecule has 0 spiro atoms. The van der Waals surface area contributed by atoms with Crippen molar-refractivity contribution in [2.45, 2.75) is 45.6 Å². The van der Waals surface area contributed by atoms with E-state index in [1.165, 1.54) is 44.6 Å². The second-order valence-corrected chi connectivity index (χ2v) is 6.26. The van der Waals surface area contributed by atoms with Crippen molar-refractivity contribution in [3.63, 3.8) is 0 Å². The monoisotopic (exact) mass is 293 g/mol. The number of aromatic nitrogens is 1. The molecule has 1 aliphatic heterocycles. The van der Waals surface area contributed by atoms with Crippen LogP contribution in [0.2, 0.25) is 0 Å². The normalized spacial score (nSPS) is 19.8. The summed E-state index contributed by atoms with van der Waals surface area (Å²) >= 11 is 0. The van der Waals surface area contributed by atoms with E-state index < -0.39 is 0 Å². The van der Waals surface area contributed by atoms with E-state index in [-0.39, 0.29) is 11.9 Å².